The predicted molar refractivity (Wildman–Crippen MR) is 84.2 cm³/mol. The molecule has 0 aliphatic carbocycles. The van der Waals surface area contributed by atoms with E-state index in [2.05, 4.69) is 0 Å². The molecule has 0 aliphatic rings. The first-order valence-corrected chi connectivity index (χ1v) is 6.98. The predicted octanol–water partition coefficient (Wildman–Crippen LogP) is 4.80. The Bertz CT molecular complexity index is 452. The zero-order chi connectivity index (χ0) is 15.4. The van der Waals surface area contributed by atoms with Crippen LogP contribution in [0.5, 0.6) is 0 Å². The van der Waals surface area contributed by atoms with Gasteiger partial charge in [-0.2, -0.15) is 0 Å². The second kappa shape index (κ2) is 10.7. The van der Waals surface area contributed by atoms with Crippen molar-refractivity contribution in [3.8, 4) is 0 Å². The van der Waals surface area contributed by atoms with E-state index in [0.29, 0.717) is 11.1 Å². The number of ketones is 2. The molecule has 0 saturated carbocycles. The van der Waals surface area contributed by atoms with Gasteiger partial charge in [-0.05, 0) is 0 Å². The molecule has 2 aromatic rings. The van der Waals surface area contributed by atoms with E-state index < -0.39 is 11.6 Å². The van der Waals surface area contributed by atoms with Gasteiger partial charge in [0.05, 0.1) is 0 Å². The molecule has 2 aromatic carbocycles. The summed E-state index contributed by atoms with van der Waals surface area (Å²) < 4.78 is 0. The fraction of sp³-hybridized carbons (Fsp3) is 0.222. The smallest absolute Gasteiger partial charge is 0.233 e. The molecule has 0 unspecified atom stereocenters. The van der Waals surface area contributed by atoms with Crippen LogP contribution >= 0.6 is 0 Å². The summed E-state index contributed by atoms with van der Waals surface area (Å²) in [4.78, 5) is 23.6. The van der Waals surface area contributed by atoms with Gasteiger partial charge in [0, 0.05) is 11.1 Å². The Morgan fingerprint density at radius 2 is 0.800 bits per heavy atom. The van der Waals surface area contributed by atoms with Crippen LogP contribution in [0.1, 0.15) is 48.4 Å². The lowest BCUT2D eigenvalue weighted by molar-refractivity contribution is 0.0817. The lowest BCUT2D eigenvalue weighted by atomic mass is 10.0. The number of carbonyl (C=O) groups excluding carboxylic acids is 2. The Morgan fingerprint density at radius 1 is 0.550 bits per heavy atom. The fourth-order valence-corrected chi connectivity index (χ4v) is 1.44. The van der Waals surface area contributed by atoms with Crippen LogP contribution in [0, 0.1) is 0 Å². The highest BCUT2D eigenvalue weighted by atomic mass is 16.2. The molecule has 0 fully saturated rings. The van der Waals surface area contributed by atoms with Gasteiger partial charge < -0.3 is 0 Å². The van der Waals surface area contributed by atoms with E-state index in [0.717, 1.165) is 0 Å². The topological polar surface area (TPSA) is 34.1 Å². The third-order valence-corrected chi connectivity index (χ3v) is 2.28. The maximum Gasteiger partial charge on any atom is 0.233 e. The molecule has 106 valence electrons. The van der Waals surface area contributed by atoms with Gasteiger partial charge in [0.1, 0.15) is 0 Å². The normalized spacial score (nSPS) is 8.40. The Balaban J connectivity index is 0.000000829. The molecule has 0 aliphatic heterocycles. The van der Waals surface area contributed by atoms with Crippen LogP contribution in [0.3, 0.4) is 0 Å². The van der Waals surface area contributed by atoms with Crippen LogP contribution in [-0.2, 0) is 0 Å². The van der Waals surface area contributed by atoms with Gasteiger partial charge >= 0.3 is 0 Å². The Hall–Kier alpha value is -2.22. The second-order valence-electron chi connectivity index (χ2n) is 3.39. The molecule has 2 nitrogen and oxygen atoms in total. The van der Waals surface area contributed by atoms with Crippen LogP contribution in [0.25, 0.3) is 0 Å². The van der Waals surface area contributed by atoms with Crippen molar-refractivity contribution in [2.75, 3.05) is 0 Å². The summed E-state index contributed by atoms with van der Waals surface area (Å²) in [5, 5.41) is 0. The van der Waals surface area contributed by atoms with Gasteiger partial charge in [0.2, 0.25) is 11.6 Å². The number of hydrogen-bond donors (Lipinski definition) is 0. The third kappa shape index (κ3) is 5.19. The van der Waals surface area contributed by atoms with Crippen LogP contribution in [-0.4, -0.2) is 11.6 Å². The summed E-state index contributed by atoms with van der Waals surface area (Å²) in [6, 6.07) is 17.2. The van der Waals surface area contributed by atoms with Crippen molar-refractivity contribution in [1.82, 2.24) is 0 Å². The summed E-state index contributed by atoms with van der Waals surface area (Å²) in [5.41, 5.74) is 0.854. The Labute approximate surface area is 121 Å². The van der Waals surface area contributed by atoms with E-state index in [9.17, 15) is 9.59 Å². The van der Waals surface area contributed by atoms with Crippen molar-refractivity contribution in [3.63, 3.8) is 0 Å². The summed E-state index contributed by atoms with van der Waals surface area (Å²) in [5.74, 6) is -0.932. The molecule has 0 aromatic heterocycles. The fourth-order valence-electron chi connectivity index (χ4n) is 1.44. The zero-order valence-corrected chi connectivity index (χ0v) is 12.6. The van der Waals surface area contributed by atoms with Gasteiger partial charge in [-0.1, -0.05) is 88.4 Å². The first-order valence-electron chi connectivity index (χ1n) is 6.98. The summed E-state index contributed by atoms with van der Waals surface area (Å²) >= 11 is 0. The molecule has 0 atom stereocenters. The summed E-state index contributed by atoms with van der Waals surface area (Å²) in [7, 11) is 0. The lowest BCUT2D eigenvalue weighted by Crippen LogP contribution is -2.14. The third-order valence-electron chi connectivity index (χ3n) is 2.28. The minimum absolute atomic E-state index is 0.427. The molecule has 0 radical (unpaired) electrons. The average molecular weight is 270 g/mol. The second-order valence-corrected chi connectivity index (χ2v) is 3.39. The highest BCUT2D eigenvalue weighted by Gasteiger charge is 2.16. The van der Waals surface area contributed by atoms with Crippen LogP contribution in [0.2, 0.25) is 0 Å². The van der Waals surface area contributed by atoms with Crippen molar-refractivity contribution < 1.29 is 9.59 Å². The standard InChI is InChI=1S/C14H10O2.2C2H6/c15-13(11-7-3-1-4-8-11)14(16)12-9-5-2-6-10-12;2*1-2/h1-10H;2*1-2H3. The van der Waals surface area contributed by atoms with Crippen molar-refractivity contribution in [2.45, 2.75) is 27.7 Å². The summed E-state index contributed by atoms with van der Waals surface area (Å²) in [6.07, 6.45) is 0. The quantitative estimate of drug-likeness (QED) is 0.592. The van der Waals surface area contributed by atoms with Gasteiger partial charge in [-0.25, -0.2) is 0 Å². The van der Waals surface area contributed by atoms with E-state index >= 15 is 0 Å². The van der Waals surface area contributed by atoms with Crippen molar-refractivity contribution in [3.05, 3.63) is 71.8 Å². The highest BCUT2D eigenvalue weighted by molar-refractivity contribution is 6.49. The molecular formula is C18H22O2. The SMILES string of the molecule is CC.CC.O=C(C(=O)c1ccccc1)c1ccccc1. The Morgan fingerprint density at radius 3 is 1.05 bits per heavy atom. The van der Waals surface area contributed by atoms with E-state index in [1.165, 1.54) is 0 Å². The summed E-state index contributed by atoms with van der Waals surface area (Å²) in [6.45, 7) is 8.00. The number of benzene rings is 2. The minimum atomic E-state index is -0.466. The van der Waals surface area contributed by atoms with Crippen molar-refractivity contribution in [1.29, 1.82) is 0 Å². The van der Waals surface area contributed by atoms with Gasteiger partial charge in [-0.15, -0.1) is 0 Å². The molecule has 0 N–H and O–H groups in total. The van der Waals surface area contributed by atoms with Crippen LogP contribution in [0.4, 0.5) is 0 Å². The highest BCUT2D eigenvalue weighted by Crippen LogP contribution is 2.07. The van der Waals surface area contributed by atoms with Crippen LogP contribution < -0.4 is 0 Å². The van der Waals surface area contributed by atoms with Crippen molar-refractivity contribution >= 4 is 11.6 Å². The maximum absolute atomic E-state index is 11.8. The molecule has 2 heteroatoms. The lowest BCUT2D eigenvalue weighted by Gasteiger charge is -1.99. The van der Waals surface area contributed by atoms with E-state index in [4.69, 9.17) is 0 Å². The molecular weight excluding hydrogens is 248 g/mol. The molecule has 0 heterocycles. The van der Waals surface area contributed by atoms with E-state index in [-0.39, 0.29) is 0 Å². The van der Waals surface area contributed by atoms with Gasteiger partial charge in [-0.3, -0.25) is 9.59 Å². The maximum atomic E-state index is 11.8. The minimum Gasteiger partial charge on any atom is -0.285 e. The first-order chi connectivity index (χ1) is 9.79. The Kier molecular flexibility index (Phi) is 9.49. The monoisotopic (exact) mass is 270 g/mol. The molecule has 0 saturated heterocycles. The number of carbonyl (C=O) groups is 2. The van der Waals surface area contributed by atoms with Crippen molar-refractivity contribution in [2.24, 2.45) is 0 Å². The number of hydrogen-bond acceptors (Lipinski definition) is 2. The van der Waals surface area contributed by atoms with E-state index in [1.807, 2.05) is 39.8 Å². The first kappa shape index (κ1) is 17.8. The zero-order valence-electron chi connectivity index (χ0n) is 12.6. The molecule has 20 heavy (non-hydrogen) atoms. The molecule has 0 bridgehead atoms. The number of Topliss-reactive ketones (excluding diaryl/α,β-unsaturated/α-hetero) is 2. The largest absolute Gasteiger partial charge is 0.285 e. The van der Waals surface area contributed by atoms with Crippen LogP contribution in [0.15, 0.2) is 60.7 Å². The van der Waals surface area contributed by atoms with Gasteiger partial charge in [0.25, 0.3) is 0 Å². The average Bonchev–Trinajstić information content (AvgIpc) is 2.59. The van der Waals surface area contributed by atoms with Gasteiger partial charge in [0.15, 0.2) is 0 Å². The molecule has 0 spiro atoms. The molecule has 0 amide bonds. The van der Waals surface area contributed by atoms with E-state index in [1.54, 1.807) is 48.5 Å². The molecule has 2 rings (SSSR count). The number of rotatable bonds is 3.